The molecular formula is C39H19F6NS8. The summed E-state index contributed by atoms with van der Waals surface area (Å²) in [5.74, 6) is -16.1. The fraction of sp³-hybridized carbons (Fsp3) is 0.103. The molecular weight excluding hydrogens is 853 g/mol. The summed E-state index contributed by atoms with van der Waals surface area (Å²) in [6, 6.07) is 24.5. The second-order valence-corrected chi connectivity index (χ2v) is 20.6. The highest BCUT2D eigenvalue weighted by Crippen LogP contribution is 2.67. The Balaban J connectivity index is 1.27. The van der Waals surface area contributed by atoms with E-state index in [1.807, 2.05) is 43.3 Å². The normalized spacial score (nSPS) is 16.0. The SMILES string of the molecule is [C-]#[N+]c1ccc(-c2ccc(-c3cc(C4=C(c5cc(-c6ccc(-c7ccc(C)s7)s6)sc5-c5cccs5)C(F)(F)C(F)(F)C4(F)F)c(-c4cccs4)s3)s2)s1. The number of allylic oxidation sites excluding steroid dienone is 2. The van der Waals surface area contributed by atoms with E-state index in [2.05, 4.69) is 4.85 Å². The van der Waals surface area contributed by atoms with Crippen LogP contribution in [0.1, 0.15) is 16.0 Å². The van der Waals surface area contributed by atoms with E-state index in [-0.39, 0.29) is 20.9 Å². The molecule has 0 bridgehead atoms. The largest absolute Gasteiger partial charge is 0.380 e. The number of thiophene rings is 8. The summed E-state index contributed by atoms with van der Waals surface area (Å²) in [7, 11) is 0. The third kappa shape index (κ3) is 5.68. The summed E-state index contributed by atoms with van der Waals surface area (Å²) in [5, 5.41) is 3.98. The van der Waals surface area contributed by atoms with Gasteiger partial charge in [0.25, 0.3) is 0 Å². The Morgan fingerprint density at radius 3 is 1.31 bits per heavy atom. The molecule has 0 fully saturated rings. The van der Waals surface area contributed by atoms with Gasteiger partial charge in [-0.25, -0.2) is 4.85 Å². The summed E-state index contributed by atoms with van der Waals surface area (Å²) >= 11 is 10.4. The van der Waals surface area contributed by atoms with Crippen molar-refractivity contribution in [3.8, 4) is 58.5 Å². The minimum Gasteiger partial charge on any atom is -0.227 e. The van der Waals surface area contributed by atoms with Gasteiger partial charge >= 0.3 is 17.8 Å². The summed E-state index contributed by atoms with van der Waals surface area (Å²) < 4.78 is 97.7. The van der Waals surface area contributed by atoms with E-state index in [9.17, 15) is 0 Å². The topological polar surface area (TPSA) is 4.36 Å². The lowest BCUT2D eigenvalue weighted by Gasteiger charge is -2.25. The molecule has 0 saturated heterocycles. The van der Waals surface area contributed by atoms with Crippen molar-refractivity contribution < 1.29 is 26.3 Å². The standard InChI is InChI=1S/C39H19F6NS8/c1-19-7-8-22(49-19)23-9-11-26(50-23)30-17-20(35(53-30)28-5-3-15-47-28)33-34(38(42,43)39(44,45)37(33,40)41)21-18-31(54-36(21)29-6-4-16-48-29)27-12-10-24(51-27)25-13-14-32(46-2)52-25/h3-18H,1H3. The Hall–Kier alpha value is -3.59. The summed E-state index contributed by atoms with van der Waals surface area (Å²) in [6.07, 6.45) is 0. The number of halogens is 6. The molecule has 54 heavy (non-hydrogen) atoms. The van der Waals surface area contributed by atoms with Crippen LogP contribution in [0.2, 0.25) is 0 Å². The first-order chi connectivity index (χ1) is 25.9. The maximum absolute atomic E-state index is 16.5. The highest BCUT2D eigenvalue weighted by Gasteiger charge is 2.80. The Morgan fingerprint density at radius 1 is 0.481 bits per heavy atom. The van der Waals surface area contributed by atoms with E-state index < -0.39 is 28.9 Å². The van der Waals surface area contributed by atoms with E-state index in [0.717, 1.165) is 47.1 Å². The highest BCUT2D eigenvalue weighted by molar-refractivity contribution is 7.30. The second-order valence-electron chi connectivity index (χ2n) is 12.1. The van der Waals surface area contributed by atoms with Gasteiger partial charge in [0.1, 0.15) is 0 Å². The van der Waals surface area contributed by atoms with Crippen molar-refractivity contribution in [1.29, 1.82) is 0 Å². The fourth-order valence-corrected chi connectivity index (χ4v) is 14.4. The van der Waals surface area contributed by atoms with Gasteiger partial charge < -0.3 is 0 Å². The first kappa shape index (κ1) is 36.1. The molecule has 8 aromatic rings. The minimum absolute atomic E-state index is 0.212. The number of alkyl halides is 6. The Morgan fingerprint density at radius 2 is 0.907 bits per heavy atom. The maximum Gasteiger partial charge on any atom is 0.380 e. The fourth-order valence-electron chi connectivity index (χ4n) is 6.30. The smallest absolute Gasteiger partial charge is 0.227 e. The zero-order valence-electron chi connectivity index (χ0n) is 27.2. The van der Waals surface area contributed by atoms with Crippen LogP contribution in [0.25, 0.3) is 74.5 Å². The molecule has 0 unspecified atom stereocenters. The summed E-state index contributed by atoms with van der Waals surface area (Å²) in [6.45, 7) is 9.30. The number of nitrogens with zero attached hydrogens (tertiary/aromatic N) is 1. The van der Waals surface area contributed by atoms with Gasteiger partial charge in [0.2, 0.25) is 5.00 Å². The molecule has 0 saturated carbocycles. The van der Waals surface area contributed by atoms with Crippen molar-refractivity contribution in [2.45, 2.75) is 24.7 Å². The van der Waals surface area contributed by atoms with Crippen molar-refractivity contribution in [1.82, 2.24) is 0 Å². The quantitative estimate of drug-likeness (QED) is 0.106. The molecule has 0 aromatic carbocycles. The van der Waals surface area contributed by atoms with Crippen molar-refractivity contribution in [3.63, 3.8) is 0 Å². The van der Waals surface area contributed by atoms with Gasteiger partial charge in [0.05, 0.1) is 16.3 Å². The molecule has 270 valence electrons. The third-order valence-electron chi connectivity index (χ3n) is 8.79. The van der Waals surface area contributed by atoms with Crippen LogP contribution < -0.4 is 0 Å². The molecule has 0 spiro atoms. The monoisotopic (exact) mass is 871 g/mol. The highest BCUT2D eigenvalue weighted by atomic mass is 32.1. The van der Waals surface area contributed by atoms with Crippen LogP contribution in [0.4, 0.5) is 31.3 Å². The molecule has 9 rings (SSSR count). The molecule has 1 aliphatic carbocycles. The Labute approximate surface area is 336 Å². The predicted octanol–water partition coefficient (Wildman–Crippen LogP) is 16.9. The van der Waals surface area contributed by atoms with Crippen molar-refractivity contribution in [2.24, 2.45) is 0 Å². The molecule has 0 N–H and O–H groups in total. The molecule has 15 heteroatoms. The zero-order chi connectivity index (χ0) is 37.6. The van der Waals surface area contributed by atoms with Crippen LogP contribution in [0.5, 0.6) is 0 Å². The lowest BCUT2D eigenvalue weighted by Crippen LogP contribution is -2.48. The maximum atomic E-state index is 16.5. The van der Waals surface area contributed by atoms with Crippen molar-refractivity contribution in [2.75, 3.05) is 0 Å². The average Bonchev–Trinajstić information content (AvgIpc) is 3.97. The molecule has 0 amide bonds. The van der Waals surface area contributed by atoms with Crippen LogP contribution in [-0.2, 0) is 0 Å². The predicted molar refractivity (Wildman–Crippen MR) is 221 cm³/mol. The van der Waals surface area contributed by atoms with Crippen LogP contribution in [0.15, 0.2) is 95.7 Å². The number of hydrogen-bond donors (Lipinski definition) is 0. The summed E-state index contributed by atoms with van der Waals surface area (Å²) in [4.78, 5) is 12.1. The molecule has 1 nitrogen and oxygen atoms in total. The van der Waals surface area contributed by atoms with Crippen molar-refractivity contribution in [3.05, 3.63) is 123 Å². The van der Waals surface area contributed by atoms with Crippen LogP contribution >= 0.6 is 90.7 Å². The Bertz CT molecular complexity index is 2740. The van der Waals surface area contributed by atoms with E-state index in [4.69, 9.17) is 6.57 Å². The van der Waals surface area contributed by atoms with Crippen LogP contribution in [0.3, 0.4) is 0 Å². The van der Waals surface area contributed by atoms with Crippen LogP contribution in [-0.4, -0.2) is 17.8 Å². The minimum atomic E-state index is -5.71. The first-order valence-electron chi connectivity index (χ1n) is 15.9. The number of hydrogen-bond acceptors (Lipinski definition) is 8. The molecule has 8 aromatic heterocycles. The summed E-state index contributed by atoms with van der Waals surface area (Å²) in [5.41, 5.74) is -3.38. The molecule has 0 aliphatic heterocycles. The zero-order valence-corrected chi connectivity index (χ0v) is 33.8. The lowest BCUT2D eigenvalue weighted by atomic mass is 9.94. The first-order valence-corrected chi connectivity index (χ1v) is 22.5. The van der Waals surface area contributed by atoms with Crippen LogP contribution in [0, 0.1) is 13.5 Å². The van der Waals surface area contributed by atoms with E-state index >= 15 is 26.3 Å². The third-order valence-corrected chi connectivity index (χ3v) is 18.1. The van der Waals surface area contributed by atoms with Gasteiger partial charge in [-0.05, 0) is 84.4 Å². The van der Waals surface area contributed by atoms with Gasteiger partial charge in [-0.15, -0.1) is 79.4 Å². The van der Waals surface area contributed by atoms with Gasteiger partial charge in [-0.2, -0.15) is 37.7 Å². The Kier molecular flexibility index (Phi) is 8.86. The second kappa shape index (κ2) is 13.3. The van der Waals surface area contributed by atoms with Gasteiger partial charge in [-0.3, -0.25) is 0 Å². The van der Waals surface area contributed by atoms with Crippen molar-refractivity contribution >= 4 is 107 Å². The van der Waals surface area contributed by atoms with Gasteiger partial charge in [-0.1, -0.05) is 18.2 Å². The molecule has 0 atom stereocenters. The molecule has 0 radical (unpaired) electrons. The lowest BCUT2D eigenvalue weighted by molar-refractivity contribution is -0.254. The average molecular weight is 872 g/mol. The molecule has 1 aliphatic rings. The number of aryl methyl sites for hydroxylation is 1. The van der Waals surface area contributed by atoms with E-state index in [1.54, 1.807) is 58.5 Å². The van der Waals surface area contributed by atoms with Gasteiger partial charge in [0, 0.05) is 75.9 Å². The van der Waals surface area contributed by atoms with Gasteiger partial charge in [0.15, 0.2) is 0 Å². The number of rotatable bonds is 8. The molecule has 8 heterocycles. The van der Waals surface area contributed by atoms with E-state index in [0.29, 0.717) is 34.3 Å². The van der Waals surface area contributed by atoms with E-state index in [1.165, 1.54) is 68.8 Å².